The topological polar surface area (TPSA) is 80.6 Å². The zero-order chi connectivity index (χ0) is 20.5. The first-order valence-electron chi connectivity index (χ1n) is 8.03. The lowest BCUT2D eigenvalue weighted by Crippen LogP contribution is -2.13. The third kappa shape index (κ3) is 5.29. The minimum absolute atomic E-state index is 0.0733. The van der Waals surface area contributed by atoms with Crippen molar-refractivity contribution in [1.29, 1.82) is 5.26 Å². The zero-order valence-corrected chi connectivity index (χ0v) is 16.9. The first-order chi connectivity index (χ1) is 13.5. The minimum atomic E-state index is -0.536. The molecule has 142 valence electrons. The molecule has 0 atom stereocenters. The number of nitrogens with one attached hydrogen (secondary N) is 1. The summed E-state index contributed by atoms with van der Waals surface area (Å²) in [5.74, 6) is 3.39. The Balaban J connectivity index is 2.28. The van der Waals surface area contributed by atoms with Gasteiger partial charge in [0.05, 0.1) is 14.2 Å². The summed E-state index contributed by atoms with van der Waals surface area (Å²) >= 11 is 3.41. The van der Waals surface area contributed by atoms with Crippen LogP contribution in [0.4, 0.5) is 5.69 Å². The second kappa shape index (κ2) is 10.1. The molecule has 0 aromatic heterocycles. The number of benzene rings is 2. The van der Waals surface area contributed by atoms with Crippen LogP contribution in [0, 0.1) is 23.7 Å². The molecule has 0 radical (unpaired) electrons. The van der Waals surface area contributed by atoms with Gasteiger partial charge in [0.2, 0.25) is 0 Å². The molecule has 2 aromatic rings. The van der Waals surface area contributed by atoms with Gasteiger partial charge in [-0.05, 0) is 48.0 Å². The van der Waals surface area contributed by atoms with Crippen LogP contribution in [-0.2, 0) is 4.79 Å². The molecule has 0 saturated carbocycles. The van der Waals surface area contributed by atoms with E-state index in [1.165, 1.54) is 13.2 Å². The molecule has 7 heteroatoms. The standard InChI is InChI=1S/C21H17BrN2O4/c1-4-9-28-20-12-18(22)14(11-19(20)27-3)10-15(13-23)21(25)24-16-5-7-17(26-2)8-6-16/h1,5-8,10-12H,9H2,2-3H3,(H,24,25)/b15-10-. The lowest BCUT2D eigenvalue weighted by Gasteiger charge is -2.11. The number of nitrogens with zero attached hydrogens (tertiary/aromatic N) is 1. The second-order valence-electron chi connectivity index (χ2n) is 5.37. The Labute approximate surface area is 171 Å². The molecule has 1 amide bonds. The van der Waals surface area contributed by atoms with Crippen LogP contribution in [0.3, 0.4) is 0 Å². The van der Waals surface area contributed by atoms with E-state index in [0.29, 0.717) is 33.0 Å². The number of carbonyl (C=O) groups excluding carboxylic acids is 1. The SMILES string of the molecule is C#CCOc1cc(Br)c(/C=C(/C#N)C(=O)Nc2ccc(OC)cc2)cc1OC. The van der Waals surface area contributed by atoms with Crippen LogP contribution in [0.15, 0.2) is 46.4 Å². The lowest BCUT2D eigenvalue weighted by atomic mass is 10.1. The van der Waals surface area contributed by atoms with Crippen molar-refractivity contribution in [3.63, 3.8) is 0 Å². The van der Waals surface area contributed by atoms with Crippen LogP contribution >= 0.6 is 15.9 Å². The molecule has 2 aromatic carbocycles. The van der Waals surface area contributed by atoms with Crippen molar-refractivity contribution in [3.05, 3.63) is 52.0 Å². The Bertz CT molecular complexity index is 970. The van der Waals surface area contributed by atoms with Gasteiger partial charge in [-0.15, -0.1) is 6.42 Å². The highest BCUT2D eigenvalue weighted by atomic mass is 79.9. The van der Waals surface area contributed by atoms with Gasteiger partial charge in [-0.2, -0.15) is 5.26 Å². The molecule has 0 saturated heterocycles. The maximum absolute atomic E-state index is 12.5. The highest BCUT2D eigenvalue weighted by Crippen LogP contribution is 2.34. The number of carbonyl (C=O) groups is 1. The molecule has 0 aliphatic rings. The Kier molecular flexibility index (Phi) is 7.50. The Morgan fingerprint density at radius 2 is 1.93 bits per heavy atom. The van der Waals surface area contributed by atoms with Crippen molar-refractivity contribution < 1.29 is 19.0 Å². The summed E-state index contributed by atoms with van der Waals surface area (Å²) in [6, 6.07) is 12.0. The van der Waals surface area contributed by atoms with E-state index in [4.69, 9.17) is 20.6 Å². The molecule has 0 unspecified atom stereocenters. The van der Waals surface area contributed by atoms with E-state index in [0.717, 1.165) is 0 Å². The van der Waals surface area contributed by atoms with Crippen molar-refractivity contribution >= 4 is 33.6 Å². The summed E-state index contributed by atoms with van der Waals surface area (Å²) in [6.07, 6.45) is 6.66. The quantitative estimate of drug-likeness (QED) is 0.399. The highest BCUT2D eigenvalue weighted by Gasteiger charge is 2.14. The van der Waals surface area contributed by atoms with Crippen LogP contribution in [0.25, 0.3) is 6.08 Å². The maximum atomic E-state index is 12.5. The molecular formula is C21H17BrN2O4. The smallest absolute Gasteiger partial charge is 0.266 e. The van der Waals surface area contributed by atoms with E-state index < -0.39 is 5.91 Å². The number of amides is 1. The van der Waals surface area contributed by atoms with Gasteiger partial charge in [-0.25, -0.2) is 0 Å². The first kappa shape index (κ1) is 20.9. The van der Waals surface area contributed by atoms with Crippen LogP contribution in [0.1, 0.15) is 5.56 Å². The Morgan fingerprint density at radius 1 is 1.21 bits per heavy atom. The summed E-state index contributed by atoms with van der Waals surface area (Å²) in [5, 5.41) is 12.1. The molecule has 2 rings (SSSR count). The molecule has 0 spiro atoms. The number of rotatable bonds is 7. The van der Waals surface area contributed by atoms with E-state index in [-0.39, 0.29) is 12.2 Å². The number of hydrogen-bond acceptors (Lipinski definition) is 5. The molecule has 0 aliphatic heterocycles. The fraction of sp³-hybridized carbons (Fsp3) is 0.143. The van der Waals surface area contributed by atoms with E-state index in [1.54, 1.807) is 43.5 Å². The second-order valence-corrected chi connectivity index (χ2v) is 6.22. The number of anilines is 1. The lowest BCUT2D eigenvalue weighted by molar-refractivity contribution is -0.112. The number of methoxy groups -OCH3 is 2. The summed E-state index contributed by atoms with van der Waals surface area (Å²) in [5.41, 5.74) is 1.05. The van der Waals surface area contributed by atoms with E-state index in [1.807, 2.05) is 6.07 Å². The van der Waals surface area contributed by atoms with Crippen LogP contribution in [0.5, 0.6) is 17.2 Å². The largest absolute Gasteiger partial charge is 0.497 e. The molecule has 28 heavy (non-hydrogen) atoms. The number of terminal acetylenes is 1. The van der Waals surface area contributed by atoms with Gasteiger partial charge in [0, 0.05) is 10.2 Å². The van der Waals surface area contributed by atoms with Crippen LogP contribution in [-0.4, -0.2) is 26.7 Å². The van der Waals surface area contributed by atoms with Crippen molar-refractivity contribution in [2.75, 3.05) is 26.1 Å². The average molecular weight is 441 g/mol. The number of ether oxygens (including phenoxy) is 3. The number of nitriles is 1. The minimum Gasteiger partial charge on any atom is -0.497 e. The maximum Gasteiger partial charge on any atom is 0.266 e. The van der Waals surface area contributed by atoms with Gasteiger partial charge >= 0.3 is 0 Å². The summed E-state index contributed by atoms with van der Waals surface area (Å²) in [4.78, 5) is 12.5. The van der Waals surface area contributed by atoms with Gasteiger partial charge in [-0.3, -0.25) is 4.79 Å². The molecule has 0 fully saturated rings. The van der Waals surface area contributed by atoms with Crippen LogP contribution < -0.4 is 19.5 Å². The molecule has 0 heterocycles. The molecule has 0 bridgehead atoms. The van der Waals surface area contributed by atoms with Gasteiger partial charge in [-0.1, -0.05) is 21.9 Å². The first-order valence-corrected chi connectivity index (χ1v) is 8.82. The van der Waals surface area contributed by atoms with Crippen molar-refractivity contribution in [3.8, 4) is 35.7 Å². The summed E-state index contributed by atoms with van der Waals surface area (Å²) < 4.78 is 16.4. The van der Waals surface area contributed by atoms with Crippen LogP contribution in [0.2, 0.25) is 0 Å². The van der Waals surface area contributed by atoms with E-state index >= 15 is 0 Å². The molecular weight excluding hydrogens is 424 g/mol. The number of halogens is 1. The summed E-state index contributed by atoms with van der Waals surface area (Å²) in [6.45, 7) is 0.0890. The highest BCUT2D eigenvalue weighted by molar-refractivity contribution is 9.10. The fourth-order valence-electron chi connectivity index (χ4n) is 2.23. The van der Waals surface area contributed by atoms with Gasteiger partial charge in [0.1, 0.15) is 24.0 Å². The fourth-order valence-corrected chi connectivity index (χ4v) is 2.67. The molecule has 6 nitrogen and oxygen atoms in total. The molecule has 0 aliphatic carbocycles. The van der Waals surface area contributed by atoms with E-state index in [2.05, 4.69) is 27.2 Å². The predicted octanol–water partition coefficient (Wildman–Crippen LogP) is 4.02. The Morgan fingerprint density at radius 3 is 2.50 bits per heavy atom. The third-order valence-corrected chi connectivity index (χ3v) is 4.29. The van der Waals surface area contributed by atoms with Gasteiger partial charge in [0.15, 0.2) is 11.5 Å². The zero-order valence-electron chi connectivity index (χ0n) is 15.3. The van der Waals surface area contributed by atoms with E-state index in [9.17, 15) is 10.1 Å². The summed E-state index contributed by atoms with van der Waals surface area (Å²) in [7, 11) is 3.04. The Hall–Kier alpha value is -3.42. The van der Waals surface area contributed by atoms with Crippen molar-refractivity contribution in [2.24, 2.45) is 0 Å². The normalized spacial score (nSPS) is 10.4. The van der Waals surface area contributed by atoms with Gasteiger partial charge < -0.3 is 19.5 Å². The van der Waals surface area contributed by atoms with Crippen molar-refractivity contribution in [1.82, 2.24) is 0 Å². The monoisotopic (exact) mass is 440 g/mol. The number of hydrogen-bond donors (Lipinski definition) is 1. The van der Waals surface area contributed by atoms with Crippen molar-refractivity contribution in [2.45, 2.75) is 0 Å². The third-order valence-electron chi connectivity index (χ3n) is 3.61. The molecule has 1 N–H and O–H groups in total. The predicted molar refractivity (Wildman–Crippen MR) is 110 cm³/mol. The average Bonchev–Trinajstić information content (AvgIpc) is 2.71. The van der Waals surface area contributed by atoms with Gasteiger partial charge in [0.25, 0.3) is 5.91 Å².